The van der Waals surface area contributed by atoms with Crippen molar-refractivity contribution in [1.82, 2.24) is 0 Å². The molecule has 2 aromatic carbocycles. The van der Waals surface area contributed by atoms with Gasteiger partial charge in [0.2, 0.25) is 0 Å². The highest BCUT2D eigenvalue weighted by Crippen LogP contribution is 2.49. The van der Waals surface area contributed by atoms with Crippen LogP contribution in [0.4, 0.5) is 0 Å². The molecule has 2 unspecified atom stereocenters. The fourth-order valence-electron chi connectivity index (χ4n) is 3.11. The van der Waals surface area contributed by atoms with Crippen molar-refractivity contribution >= 4 is 5.78 Å². The van der Waals surface area contributed by atoms with Gasteiger partial charge >= 0.3 is 0 Å². The van der Waals surface area contributed by atoms with Gasteiger partial charge in [0, 0.05) is 17.9 Å². The average molecular weight is 264 g/mol. The van der Waals surface area contributed by atoms with E-state index in [1.807, 2.05) is 36.4 Å². The van der Waals surface area contributed by atoms with Crippen LogP contribution >= 0.6 is 0 Å². The summed E-state index contributed by atoms with van der Waals surface area (Å²) in [7, 11) is 0. The Morgan fingerprint density at radius 3 is 2.80 bits per heavy atom. The third kappa shape index (κ3) is 1.92. The van der Waals surface area contributed by atoms with Crippen molar-refractivity contribution in [1.29, 1.82) is 0 Å². The van der Waals surface area contributed by atoms with Gasteiger partial charge in [-0.2, -0.15) is 0 Å². The van der Waals surface area contributed by atoms with Crippen LogP contribution in [0.1, 0.15) is 33.8 Å². The van der Waals surface area contributed by atoms with Crippen LogP contribution in [0.3, 0.4) is 0 Å². The Bertz CT molecular complexity index is 660. The van der Waals surface area contributed by atoms with Gasteiger partial charge in [0.05, 0.1) is 6.61 Å². The lowest BCUT2D eigenvalue weighted by molar-refractivity contribution is 0.0965. The van der Waals surface area contributed by atoms with Gasteiger partial charge in [0.1, 0.15) is 5.75 Å². The Morgan fingerprint density at radius 2 is 1.95 bits per heavy atom. The van der Waals surface area contributed by atoms with E-state index in [9.17, 15) is 4.79 Å². The van der Waals surface area contributed by atoms with Crippen LogP contribution in [0.25, 0.3) is 0 Å². The highest BCUT2D eigenvalue weighted by molar-refractivity contribution is 6.00. The Labute approximate surface area is 118 Å². The first kappa shape index (κ1) is 11.7. The third-order valence-corrected chi connectivity index (χ3v) is 4.33. The second-order valence-corrected chi connectivity index (χ2v) is 5.64. The highest BCUT2D eigenvalue weighted by Gasteiger charge is 2.44. The zero-order valence-electron chi connectivity index (χ0n) is 11.2. The molecule has 100 valence electrons. The predicted octanol–water partition coefficient (Wildman–Crippen LogP) is 3.61. The summed E-state index contributed by atoms with van der Waals surface area (Å²) in [6.07, 6.45) is 1.90. The number of ketones is 1. The fourth-order valence-corrected chi connectivity index (χ4v) is 3.11. The monoisotopic (exact) mass is 264 g/mol. The maximum Gasteiger partial charge on any atom is 0.166 e. The Morgan fingerprint density at radius 1 is 1.10 bits per heavy atom. The van der Waals surface area contributed by atoms with Gasteiger partial charge in [-0.25, -0.2) is 0 Å². The van der Waals surface area contributed by atoms with Crippen molar-refractivity contribution in [3.8, 4) is 5.75 Å². The Hall–Kier alpha value is -2.09. The number of hydrogen-bond acceptors (Lipinski definition) is 2. The first-order valence-electron chi connectivity index (χ1n) is 7.18. The summed E-state index contributed by atoms with van der Waals surface area (Å²) in [4.78, 5) is 12.5. The lowest BCUT2D eigenvalue weighted by Crippen LogP contribution is -2.03. The van der Waals surface area contributed by atoms with Crippen molar-refractivity contribution in [2.45, 2.75) is 18.8 Å². The van der Waals surface area contributed by atoms with Gasteiger partial charge in [-0.1, -0.05) is 30.3 Å². The molecule has 2 aliphatic rings. The molecule has 0 aromatic heterocycles. The number of rotatable bonds is 3. The number of fused-ring (bicyclic) bond motifs is 1. The molecule has 0 N–H and O–H groups in total. The number of hydrogen-bond donors (Lipinski definition) is 0. The fraction of sp³-hybridized carbons (Fsp3) is 0.278. The van der Waals surface area contributed by atoms with Crippen LogP contribution in [-0.2, 0) is 6.42 Å². The van der Waals surface area contributed by atoms with Gasteiger partial charge in [0.15, 0.2) is 5.78 Å². The predicted molar refractivity (Wildman–Crippen MR) is 77.3 cm³/mol. The lowest BCUT2D eigenvalue weighted by Gasteiger charge is -2.04. The number of benzene rings is 2. The van der Waals surface area contributed by atoms with E-state index in [0.29, 0.717) is 5.92 Å². The van der Waals surface area contributed by atoms with E-state index in [-0.39, 0.29) is 11.7 Å². The molecule has 1 heterocycles. The molecular weight excluding hydrogens is 248 g/mol. The molecule has 2 aromatic rings. The van der Waals surface area contributed by atoms with Gasteiger partial charge in [-0.3, -0.25) is 4.79 Å². The molecule has 0 bridgehead atoms. The first-order valence-corrected chi connectivity index (χ1v) is 7.18. The first-order chi connectivity index (χ1) is 9.83. The SMILES string of the molecule is O=C(c1ccc2c(c1)CCO2)C1CC1c1ccccc1. The largest absolute Gasteiger partial charge is 0.493 e. The van der Waals surface area contributed by atoms with E-state index in [2.05, 4.69) is 12.1 Å². The zero-order valence-corrected chi connectivity index (χ0v) is 11.2. The second kappa shape index (κ2) is 4.48. The van der Waals surface area contributed by atoms with Crippen molar-refractivity contribution < 1.29 is 9.53 Å². The van der Waals surface area contributed by atoms with E-state index in [1.165, 1.54) is 11.1 Å². The molecule has 1 aliphatic carbocycles. The van der Waals surface area contributed by atoms with E-state index in [4.69, 9.17) is 4.74 Å². The van der Waals surface area contributed by atoms with E-state index < -0.39 is 0 Å². The van der Waals surface area contributed by atoms with Crippen molar-refractivity contribution in [3.63, 3.8) is 0 Å². The van der Waals surface area contributed by atoms with Gasteiger partial charge in [-0.05, 0) is 41.7 Å². The minimum absolute atomic E-state index is 0.165. The minimum atomic E-state index is 0.165. The molecule has 20 heavy (non-hydrogen) atoms. The van der Waals surface area contributed by atoms with Crippen LogP contribution in [0.15, 0.2) is 48.5 Å². The van der Waals surface area contributed by atoms with Crippen LogP contribution in [0.5, 0.6) is 5.75 Å². The summed E-state index contributed by atoms with van der Waals surface area (Å²) in [5.41, 5.74) is 3.31. The molecule has 0 amide bonds. The van der Waals surface area contributed by atoms with E-state index in [0.717, 1.165) is 30.8 Å². The molecule has 0 saturated heterocycles. The van der Waals surface area contributed by atoms with Gasteiger partial charge < -0.3 is 4.74 Å². The molecular formula is C18H16O2. The highest BCUT2D eigenvalue weighted by atomic mass is 16.5. The summed E-state index contributed by atoms with van der Waals surface area (Å²) in [6.45, 7) is 0.739. The minimum Gasteiger partial charge on any atom is -0.493 e. The zero-order chi connectivity index (χ0) is 13.5. The van der Waals surface area contributed by atoms with Crippen LogP contribution < -0.4 is 4.74 Å². The van der Waals surface area contributed by atoms with Crippen molar-refractivity contribution in [2.75, 3.05) is 6.61 Å². The molecule has 2 nitrogen and oxygen atoms in total. The van der Waals surface area contributed by atoms with Crippen LogP contribution in [-0.4, -0.2) is 12.4 Å². The maximum absolute atomic E-state index is 12.5. The van der Waals surface area contributed by atoms with Crippen LogP contribution in [0, 0.1) is 5.92 Å². The van der Waals surface area contributed by atoms with Gasteiger partial charge in [0.25, 0.3) is 0 Å². The second-order valence-electron chi connectivity index (χ2n) is 5.64. The molecule has 2 heteroatoms. The van der Waals surface area contributed by atoms with Gasteiger partial charge in [-0.15, -0.1) is 0 Å². The summed E-state index contributed by atoms with van der Waals surface area (Å²) in [6, 6.07) is 16.2. The number of Topliss-reactive ketones (excluding diaryl/α,β-unsaturated/α-hetero) is 1. The smallest absolute Gasteiger partial charge is 0.166 e. The quantitative estimate of drug-likeness (QED) is 0.792. The van der Waals surface area contributed by atoms with Crippen molar-refractivity contribution in [3.05, 3.63) is 65.2 Å². The van der Waals surface area contributed by atoms with Crippen LogP contribution in [0.2, 0.25) is 0 Å². The average Bonchev–Trinajstić information content (AvgIpc) is 3.17. The lowest BCUT2D eigenvalue weighted by atomic mass is 10.0. The summed E-state index contributed by atoms with van der Waals surface area (Å²) in [5.74, 6) is 1.80. The summed E-state index contributed by atoms with van der Waals surface area (Å²) < 4.78 is 5.49. The normalized spacial score (nSPS) is 23.0. The summed E-state index contributed by atoms with van der Waals surface area (Å²) >= 11 is 0. The molecule has 0 spiro atoms. The molecule has 0 radical (unpaired) electrons. The topological polar surface area (TPSA) is 26.3 Å². The molecule has 2 atom stereocenters. The number of ether oxygens (including phenoxy) is 1. The Balaban J connectivity index is 1.55. The molecule has 1 fully saturated rings. The number of carbonyl (C=O) groups is 1. The number of carbonyl (C=O) groups excluding carboxylic acids is 1. The molecule has 4 rings (SSSR count). The van der Waals surface area contributed by atoms with E-state index in [1.54, 1.807) is 0 Å². The molecule has 1 aliphatic heterocycles. The summed E-state index contributed by atoms with van der Waals surface area (Å²) in [5, 5.41) is 0. The molecule has 1 saturated carbocycles. The Kier molecular flexibility index (Phi) is 2.62. The van der Waals surface area contributed by atoms with Crippen molar-refractivity contribution in [2.24, 2.45) is 5.92 Å². The third-order valence-electron chi connectivity index (χ3n) is 4.33. The standard InChI is InChI=1S/C18H16O2/c19-18(14-6-7-17-13(10-14)8-9-20-17)16-11-15(16)12-4-2-1-3-5-12/h1-7,10,15-16H,8-9,11H2. The maximum atomic E-state index is 12.5. The van der Waals surface area contributed by atoms with E-state index >= 15 is 0 Å².